The van der Waals surface area contributed by atoms with Crippen molar-refractivity contribution >= 4 is 11.6 Å². The molecule has 2 rings (SSSR count). The molecule has 0 saturated carbocycles. The maximum atomic E-state index is 5.78. The van der Waals surface area contributed by atoms with Crippen LogP contribution < -0.4 is 11.1 Å². The van der Waals surface area contributed by atoms with E-state index in [0.717, 1.165) is 18.9 Å². The van der Waals surface area contributed by atoms with E-state index in [1.54, 1.807) is 13.2 Å². The van der Waals surface area contributed by atoms with Crippen LogP contribution in [0, 0.1) is 5.92 Å². The first-order valence-corrected chi connectivity index (χ1v) is 7.18. The van der Waals surface area contributed by atoms with Crippen LogP contribution in [0.1, 0.15) is 26.1 Å². The van der Waals surface area contributed by atoms with Gasteiger partial charge in [-0.1, -0.05) is 0 Å². The number of ether oxygens (including phenoxy) is 1. The normalized spacial score (nSPS) is 19.7. The smallest absolute Gasteiger partial charge is 0.158 e. The second-order valence-electron chi connectivity index (χ2n) is 5.65. The molecule has 0 aliphatic carbocycles. The standard InChI is InChI=1S/C14H25N5O/c1-10(2)19-5-4-11(8-19)7-16-13-6-12(15)17-14(18-13)9-20-3/h6,10-11H,4-5,7-9H2,1-3H3,(H3,15,16,17,18). The van der Waals surface area contributed by atoms with Crippen molar-refractivity contribution in [3.8, 4) is 0 Å². The third kappa shape index (κ3) is 4.05. The summed E-state index contributed by atoms with van der Waals surface area (Å²) in [6.45, 7) is 8.13. The summed E-state index contributed by atoms with van der Waals surface area (Å²) in [6.07, 6.45) is 1.23. The largest absolute Gasteiger partial charge is 0.384 e. The molecule has 1 aliphatic rings. The molecule has 1 atom stereocenters. The molecule has 0 bridgehead atoms. The summed E-state index contributed by atoms with van der Waals surface area (Å²) in [6, 6.07) is 2.40. The summed E-state index contributed by atoms with van der Waals surface area (Å²) in [5.74, 6) is 2.54. The zero-order valence-electron chi connectivity index (χ0n) is 12.6. The molecule has 1 aromatic rings. The number of hydrogen-bond donors (Lipinski definition) is 2. The minimum atomic E-state index is 0.379. The maximum Gasteiger partial charge on any atom is 0.158 e. The predicted molar refractivity (Wildman–Crippen MR) is 80.5 cm³/mol. The second kappa shape index (κ2) is 6.85. The highest BCUT2D eigenvalue weighted by molar-refractivity contribution is 5.44. The van der Waals surface area contributed by atoms with Crippen LogP contribution in [0.2, 0.25) is 0 Å². The van der Waals surface area contributed by atoms with E-state index in [1.165, 1.54) is 13.0 Å². The van der Waals surface area contributed by atoms with E-state index in [1.807, 2.05) is 0 Å². The zero-order valence-corrected chi connectivity index (χ0v) is 12.6. The van der Waals surface area contributed by atoms with Gasteiger partial charge >= 0.3 is 0 Å². The van der Waals surface area contributed by atoms with Crippen LogP contribution in [0.5, 0.6) is 0 Å². The van der Waals surface area contributed by atoms with Crippen LogP contribution >= 0.6 is 0 Å². The van der Waals surface area contributed by atoms with E-state index in [4.69, 9.17) is 10.5 Å². The quantitative estimate of drug-likeness (QED) is 0.818. The molecule has 20 heavy (non-hydrogen) atoms. The number of nitrogens with two attached hydrogens (primary N) is 1. The fraction of sp³-hybridized carbons (Fsp3) is 0.714. The van der Waals surface area contributed by atoms with Gasteiger partial charge in [0.25, 0.3) is 0 Å². The lowest BCUT2D eigenvalue weighted by Gasteiger charge is -2.20. The molecule has 0 amide bonds. The van der Waals surface area contributed by atoms with Gasteiger partial charge in [-0.3, -0.25) is 0 Å². The Kier molecular flexibility index (Phi) is 5.14. The van der Waals surface area contributed by atoms with Crippen molar-refractivity contribution in [1.82, 2.24) is 14.9 Å². The highest BCUT2D eigenvalue weighted by Gasteiger charge is 2.23. The molecule has 2 heterocycles. The van der Waals surface area contributed by atoms with E-state index in [9.17, 15) is 0 Å². The van der Waals surface area contributed by atoms with Gasteiger partial charge in [-0.15, -0.1) is 0 Å². The molecule has 0 aromatic carbocycles. The molecule has 112 valence electrons. The van der Waals surface area contributed by atoms with Crippen molar-refractivity contribution < 1.29 is 4.74 Å². The molecule has 6 heteroatoms. The highest BCUT2D eigenvalue weighted by atomic mass is 16.5. The van der Waals surface area contributed by atoms with E-state index in [0.29, 0.717) is 30.2 Å². The first-order valence-electron chi connectivity index (χ1n) is 7.18. The molecule has 6 nitrogen and oxygen atoms in total. The van der Waals surface area contributed by atoms with Crippen molar-refractivity contribution in [1.29, 1.82) is 0 Å². The summed E-state index contributed by atoms with van der Waals surface area (Å²) in [4.78, 5) is 11.0. The molecule has 1 aromatic heterocycles. The Labute approximate surface area is 120 Å². The molecule has 0 radical (unpaired) electrons. The number of rotatable bonds is 6. The minimum absolute atomic E-state index is 0.379. The van der Waals surface area contributed by atoms with Gasteiger partial charge in [0.15, 0.2) is 5.82 Å². The summed E-state index contributed by atoms with van der Waals surface area (Å²) >= 11 is 0. The number of hydrogen-bond acceptors (Lipinski definition) is 6. The molecule has 1 aliphatic heterocycles. The third-order valence-corrected chi connectivity index (χ3v) is 3.69. The number of aromatic nitrogens is 2. The second-order valence-corrected chi connectivity index (χ2v) is 5.65. The number of nitrogens with zero attached hydrogens (tertiary/aromatic N) is 3. The lowest BCUT2D eigenvalue weighted by atomic mass is 10.1. The third-order valence-electron chi connectivity index (χ3n) is 3.69. The Hall–Kier alpha value is -1.40. The highest BCUT2D eigenvalue weighted by Crippen LogP contribution is 2.19. The monoisotopic (exact) mass is 279 g/mol. The van der Waals surface area contributed by atoms with E-state index in [2.05, 4.69) is 34.0 Å². The van der Waals surface area contributed by atoms with Gasteiger partial charge in [0.1, 0.15) is 18.2 Å². The summed E-state index contributed by atoms with van der Waals surface area (Å²) in [5.41, 5.74) is 5.78. The van der Waals surface area contributed by atoms with Crippen LogP contribution in [-0.4, -0.2) is 47.7 Å². The number of methoxy groups -OCH3 is 1. The Morgan fingerprint density at radius 1 is 1.50 bits per heavy atom. The van der Waals surface area contributed by atoms with Gasteiger partial charge in [-0.05, 0) is 32.7 Å². The number of nitrogen functional groups attached to an aromatic ring is 1. The topological polar surface area (TPSA) is 76.3 Å². The molecular formula is C14H25N5O. The Morgan fingerprint density at radius 2 is 2.30 bits per heavy atom. The van der Waals surface area contributed by atoms with Crippen molar-refractivity contribution in [2.75, 3.05) is 37.8 Å². The lowest BCUT2D eigenvalue weighted by Crippen LogP contribution is -2.29. The molecule has 0 spiro atoms. The van der Waals surface area contributed by atoms with Crippen LogP contribution in [0.15, 0.2) is 6.07 Å². The summed E-state index contributed by atoms with van der Waals surface area (Å²) < 4.78 is 5.04. The van der Waals surface area contributed by atoms with Gasteiger partial charge in [-0.25, -0.2) is 9.97 Å². The maximum absolute atomic E-state index is 5.78. The molecular weight excluding hydrogens is 254 g/mol. The van der Waals surface area contributed by atoms with Crippen molar-refractivity contribution in [3.63, 3.8) is 0 Å². The van der Waals surface area contributed by atoms with E-state index < -0.39 is 0 Å². The predicted octanol–water partition coefficient (Wildman–Crippen LogP) is 1.35. The van der Waals surface area contributed by atoms with Crippen molar-refractivity contribution in [2.24, 2.45) is 5.92 Å². The zero-order chi connectivity index (χ0) is 14.5. The molecule has 1 saturated heterocycles. The van der Waals surface area contributed by atoms with Crippen LogP contribution in [0.4, 0.5) is 11.6 Å². The Balaban J connectivity index is 1.88. The molecule has 1 unspecified atom stereocenters. The molecule has 1 fully saturated rings. The van der Waals surface area contributed by atoms with Crippen LogP contribution in [0.25, 0.3) is 0 Å². The average Bonchev–Trinajstić information content (AvgIpc) is 2.85. The van der Waals surface area contributed by atoms with Crippen molar-refractivity contribution in [2.45, 2.75) is 32.9 Å². The van der Waals surface area contributed by atoms with E-state index in [-0.39, 0.29) is 0 Å². The van der Waals surface area contributed by atoms with Crippen LogP contribution in [-0.2, 0) is 11.3 Å². The fourth-order valence-electron chi connectivity index (χ4n) is 2.55. The average molecular weight is 279 g/mol. The lowest BCUT2D eigenvalue weighted by molar-refractivity contribution is 0.178. The number of likely N-dealkylation sites (tertiary alicyclic amines) is 1. The summed E-state index contributed by atoms with van der Waals surface area (Å²) in [5, 5.41) is 3.37. The van der Waals surface area contributed by atoms with Gasteiger partial charge < -0.3 is 20.7 Å². The van der Waals surface area contributed by atoms with Gasteiger partial charge in [-0.2, -0.15) is 0 Å². The first-order chi connectivity index (χ1) is 9.58. The van der Waals surface area contributed by atoms with Crippen molar-refractivity contribution in [3.05, 3.63) is 11.9 Å². The fourth-order valence-corrected chi connectivity index (χ4v) is 2.55. The van der Waals surface area contributed by atoms with E-state index >= 15 is 0 Å². The number of anilines is 2. The van der Waals surface area contributed by atoms with Gasteiger partial charge in [0.2, 0.25) is 0 Å². The Morgan fingerprint density at radius 3 is 2.95 bits per heavy atom. The molecule has 3 N–H and O–H groups in total. The summed E-state index contributed by atoms with van der Waals surface area (Å²) in [7, 11) is 1.62. The first kappa shape index (κ1) is 15.0. The van der Waals surface area contributed by atoms with Gasteiger partial charge in [0.05, 0.1) is 0 Å². The Bertz CT molecular complexity index is 438. The van der Waals surface area contributed by atoms with Gasteiger partial charge in [0, 0.05) is 32.3 Å². The minimum Gasteiger partial charge on any atom is -0.384 e. The van der Waals surface area contributed by atoms with Crippen LogP contribution in [0.3, 0.4) is 0 Å². The number of nitrogens with one attached hydrogen (secondary N) is 1. The SMILES string of the molecule is COCc1nc(N)cc(NCC2CCN(C(C)C)C2)n1.